The van der Waals surface area contributed by atoms with Crippen LogP contribution in [-0.4, -0.2) is 59.1 Å². The molecule has 140 valence electrons. The number of carbonyl (C=O) groups is 3. The van der Waals surface area contributed by atoms with Gasteiger partial charge in [0.25, 0.3) is 0 Å². The molecule has 3 rings (SSSR count). The number of likely N-dealkylation sites (tertiary alicyclic amines) is 2. The average Bonchev–Trinajstić information content (AvgIpc) is 3.03. The lowest BCUT2D eigenvalue weighted by Gasteiger charge is -2.33. The highest BCUT2D eigenvalue weighted by atomic mass is 35.5. The van der Waals surface area contributed by atoms with E-state index in [4.69, 9.17) is 11.6 Å². The molecule has 1 N–H and O–H groups in total. The van der Waals surface area contributed by atoms with Crippen LogP contribution in [0.5, 0.6) is 0 Å². The molecule has 3 amide bonds. The molecule has 0 spiro atoms. The second-order valence-electron chi connectivity index (χ2n) is 6.96. The average molecular weight is 378 g/mol. The Hall–Kier alpha value is -2.08. The number of carbonyl (C=O) groups excluding carboxylic acids is 3. The third-order valence-electron chi connectivity index (χ3n) is 5.07. The van der Waals surface area contributed by atoms with Gasteiger partial charge in [-0.1, -0.05) is 30.3 Å². The molecular formula is C19H24ClN3O3. The Morgan fingerprint density at radius 1 is 1.15 bits per heavy atom. The third kappa shape index (κ3) is 4.55. The summed E-state index contributed by atoms with van der Waals surface area (Å²) in [6.07, 6.45) is 1.74. The van der Waals surface area contributed by atoms with Gasteiger partial charge in [0.2, 0.25) is 17.7 Å². The summed E-state index contributed by atoms with van der Waals surface area (Å²) >= 11 is 5.51. The zero-order chi connectivity index (χ0) is 18.5. The molecule has 1 unspecified atom stereocenters. The van der Waals surface area contributed by atoms with Crippen molar-refractivity contribution in [2.24, 2.45) is 5.92 Å². The van der Waals surface area contributed by atoms with Crippen molar-refractivity contribution < 1.29 is 14.4 Å². The summed E-state index contributed by atoms with van der Waals surface area (Å²) in [5.74, 6) is -0.386. The fourth-order valence-electron chi connectivity index (χ4n) is 3.66. The van der Waals surface area contributed by atoms with Gasteiger partial charge in [-0.15, -0.1) is 11.6 Å². The fourth-order valence-corrected chi connectivity index (χ4v) is 3.74. The maximum atomic E-state index is 12.8. The van der Waals surface area contributed by atoms with E-state index in [9.17, 15) is 14.4 Å². The quantitative estimate of drug-likeness (QED) is 0.788. The molecular weight excluding hydrogens is 354 g/mol. The molecule has 6 nitrogen and oxygen atoms in total. The number of benzene rings is 1. The van der Waals surface area contributed by atoms with Crippen molar-refractivity contribution in [1.29, 1.82) is 0 Å². The Labute approximate surface area is 158 Å². The molecule has 0 aromatic heterocycles. The molecule has 2 aliphatic heterocycles. The first-order valence-electron chi connectivity index (χ1n) is 9.02. The Balaban J connectivity index is 1.50. The Kier molecular flexibility index (Phi) is 6.14. The van der Waals surface area contributed by atoms with Crippen LogP contribution in [0.3, 0.4) is 0 Å². The van der Waals surface area contributed by atoms with Gasteiger partial charge >= 0.3 is 0 Å². The van der Waals surface area contributed by atoms with Crippen molar-refractivity contribution in [3.63, 3.8) is 0 Å². The maximum absolute atomic E-state index is 12.8. The minimum atomic E-state index is -0.264. The van der Waals surface area contributed by atoms with E-state index in [0.29, 0.717) is 26.2 Å². The number of piperidine rings is 1. The normalized spacial score (nSPS) is 21.1. The molecule has 7 heteroatoms. The zero-order valence-corrected chi connectivity index (χ0v) is 15.5. The SMILES string of the molecule is O=C(CCl)NC1CCN(C(=O)C2CC(=O)N(Cc3ccccc3)C2)CC1. The topological polar surface area (TPSA) is 69.7 Å². The molecule has 1 atom stereocenters. The highest BCUT2D eigenvalue weighted by molar-refractivity contribution is 6.27. The van der Waals surface area contributed by atoms with Crippen LogP contribution >= 0.6 is 11.6 Å². The smallest absolute Gasteiger partial charge is 0.235 e. The van der Waals surface area contributed by atoms with Crippen LogP contribution < -0.4 is 5.32 Å². The van der Waals surface area contributed by atoms with E-state index in [2.05, 4.69) is 5.32 Å². The number of rotatable bonds is 5. The van der Waals surface area contributed by atoms with Crippen LogP contribution in [0.15, 0.2) is 30.3 Å². The molecule has 2 saturated heterocycles. The second-order valence-corrected chi connectivity index (χ2v) is 7.23. The number of halogens is 1. The van der Waals surface area contributed by atoms with Gasteiger partial charge < -0.3 is 15.1 Å². The second kappa shape index (κ2) is 8.54. The molecule has 1 aromatic carbocycles. The van der Waals surface area contributed by atoms with Crippen LogP contribution in [0.4, 0.5) is 0 Å². The standard InChI is InChI=1S/C19H24ClN3O3/c20-11-17(24)21-16-6-8-22(9-7-16)19(26)15-10-18(25)23(13-15)12-14-4-2-1-3-5-14/h1-5,15-16H,6-13H2,(H,21,24). The Morgan fingerprint density at radius 2 is 1.85 bits per heavy atom. The number of alkyl halides is 1. The van der Waals surface area contributed by atoms with Gasteiger partial charge in [0.05, 0.1) is 5.92 Å². The lowest BCUT2D eigenvalue weighted by atomic mass is 10.0. The number of hydrogen-bond acceptors (Lipinski definition) is 3. The molecule has 1 aromatic rings. The van der Waals surface area contributed by atoms with E-state index in [-0.39, 0.29) is 42.0 Å². The van der Waals surface area contributed by atoms with Crippen molar-refractivity contribution in [3.8, 4) is 0 Å². The zero-order valence-electron chi connectivity index (χ0n) is 14.7. The monoisotopic (exact) mass is 377 g/mol. The van der Waals surface area contributed by atoms with Crippen molar-refractivity contribution in [3.05, 3.63) is 35.9 Å². The van der Waals surface area contributed by atoms with Crippen molar-refractivity contribution in [2.75, 3.05) is 25.5 Å². The van der Waals surface area contributed by atoms with E-state index in [0.717, 1.165) is 18.4 Å². The van der Waals surface area contributed by atoms with Gasteiger partial charge in [-0.3, -0.25) is 14.4 Å². The van der Waals surface area contributed by atoms with Gasteiger partial charge in [-0.05, 0) is 18.4 Å². The minimum absolute atomic E-state index is 0.0384. The van der Waals surface area contributed by atoms with Gasteiger partial charge in [-0.2, -0.15) is 0 Å². The summed E-state index contributed by atoms with van der Waals surface area (Å²) in [5, 5.41) is 2.87. The molecule has 2 fully saturated rings. The summed E-state index contributed by atoms with van der Waals surface area (Å²) in [5.41, 5.74) is 1.07. The first kappa shape index (κ1) is 18.7. The summed E-state index contributed by atoms with van der Waals surface area (Å²) in [6, 6.07) is 9.90. The highest BCUT2D eigenvalue weighted by Crippen LogP contribution is 2.24. The lowest BCUT2D eigenvalue weighted by Crippen LogP contribution is -2.48. The minimum Gasteiger partial charge on any atom is -0.352 e. The number of nitrogens with zero attached hydrogens (tertiary/aromatic N) is 2. The largest absolute Gasteiger partial charge is 0.352 e. The fraction of sp³-hybridized carbons (Fsp3) is 0.526. The molecule has 26 heavy (non-hydrogen) atoms. The Bertz CT molecular complexity index is 659. The van der Waals surface area contributed by atoms with Gasteiger partial charge in [0.1, 0.15) is 5.88 Å². The van der Waals surface area contributed by atoms with E-state index >= 15 is 0 Å². The lowest BCUT2D eigenvalue weighted by molar-refractivity contribution is -0.137. The third-order valence-corrected chi connectivity index (χ3v) is 5.32. The number of nitrogens with one attached hydrogen (secondary N) is 1. The van der Waals surface area contributed by atoms with E-state index in [1.165, 1.54) is 0 Å². The van der Waals surface area contributed by atoms with Gasteiger partial charge in [-0.25, -0.2) is 0 Å². The predicted octanol–water partition coefficient (Wildman–Crippen LogP) is 1.38. The maximum Gasteiger partial charge on any atom is 0.235 e. The molecule has 0 aliphatic carbocycles. The van der Waals surface area contributed by atoms with Crippen molar-refractivity contribution in [2.45, 2.75) is 31.8 Å². The summed E-state index contributed by atoms with van der Waals surface area (Å²) in [4.78, 5) is 40.0. The van der Waals surface area contributed by atoms with Crippen molar-refractivity contribution in [1.82, 2.24) is 15.1 Å². The summed E-state index contributed by atoms with van der Waals surface area (Å²) in [6.45, 7) is 2.25. The predicted molar refractivity (Wildman–Crippen MR) is 98.4 cm³/mol. The molecule has 2 aliphatic rings. The van der Waals surface area contributed by atoms with E-state index in [1.807, 2.05) is 35.2 Å². The first-order valence-corrected chi connectivity index (χ1v) is 9.56. The van der Waals surface area contributed by atoms with E-state index < -0.39 is 0 Å². The van der Waals surface area contributed by atoms with E-state index in [1.54, 1.807) is 4.90 Å². The molecule has 0 saturated carbocycles. The highest BCUT2D eigenvalue weighted by Gasteiger charge is 2.37. The van der Waals surface area contributed by atoms with Crippen LogP contribution in [0.2, 0.25) is 0 Å². The van der Waals surface area contributed by atoms with Gasteiger partial charge in [0, 0.05) is 38.6 Å². The van der Waals surface area contributed by atoms with Crippen molar-refractivity contribution >= 4 is 29.3 Å². The number of amides is 3. The summed E-state index contributed by atoms with van der Waals surface area (Å²) in [7, 11) is 0. The number of hydrogen-bond donors (Lipinski definition) is 1. The van der Waals surface area contributed by atoms with Crippen LogP contribution in [0.25, 0.3) is 0 Å². The first-order chi connectivity index (χ1) is 12.6. The molecule has 0 radical (unpaired) electrons. The van der Waals surface area contributed by atoms with Crippen LogP contribution in [0.1, 0.15) is 24.8 Å². The Morgan fingerprint density at radius 3 is 2.50 bits per heavy atom. The molecule has 2 heterocycles. The summed E-state index contributed by atoms with van der Waals surface area (Å²) < 4.78 is 0. The molecule has 0 bridgehead atoms. The van der Waals surface area contributed by atoms with Gasteiger partial charge in [0.15, 0.2) is 0 Å². The van der Waals surface area contributed by atoms with Crippen LogP contribution in [0, 0.1) is 5.92 Å². The van der Waals surface area contributed by atoms with Crippen LogP contribution in [-0.2, 0) is 20.9 Å².